The summed E-state index contributed by atoms with van der Waals surface area (Å²) in [5, 5.41) is 0.589. The molecule has 0 aliphatic carbocycles. The van der Waals surface area contributed by atoms with Crippen LogP contribution in [0.1, 0.15) is 37.3 Å². The highest BCUT2D eigenvalue weighted by Gasteiger charge is 2.13. The van der Waals surface area contributed by atoms with Gasteiger partial charge in [-0.2, -0.15) is 0 Å². The number of benzene rings is 2. The first-order valence-corrected chi connectivity index (χ1v) is 7.67. The van der Waals surface area contributed by atoms with E-state index >= 15 is 0 Å². The molecule has 0 saturated carbocycles. The Hall–Kier alpha value is -1.58. The number of rotatable bonds is 5. The Morgan fingerprint density at radius 3 is 2.62 bits per heavy atom. The number of hydrogen-bond acceptors (Lipinski definition) is 2. The van der Waals surface area contributed by atoms with Crippen molar-refractivity contribution in [2.75, 3.05) is 0 Å². The molecule has 1 unspecified atom stereocenters. The van der Waals surface area contributed by atoms with Gasteiger partial charge in [-0.3, -0.25) is 0 Å². The standard InChI is InChI=1S/C17H18ClNOS/c1-3-11(2)13-6-4-5-7-15(13)20-16-10-12(18)8-9-14(16)17(19)21/h4-11H,3H2,1-2H3,(H2,19,21). The van der Waals surface area contributed by atoms with Gasteiger partial charge in [-0.05, 0) is 36.1 Å². The van der Waals surface area contributed by atoms with E-state index in [1.807, 2.05) is 18.2 Å². The number of ether oxygens (including phenoxy) is 1. The van der Waals surface area contributed by atoms with Crippen LogP contribution in [0.2, 0.25) is 5.02 Å². The third-order valence-corrected chi connectivity index (χ3v) is 3.95. The summed E-state index contributed by atoms with van der Waals surface area (Å²) in [6, 6.07) is 13.3. The van der Waals surface area contributed by atoms with E-state index in [1.165, 1.54) is 0 Å². The van der Waals surface area contributed by atoms with E-state index in [1.54, 1.807) is 18.2 Å². The molecule has 4 heteroatoms. The fourth-order valence-corrected chi connectivity index (χ4v) is 2.43. The van der Waals surface area contributed by atoms with Crippen molar-refractivity contribution in [1.29, 1.82) is 0 Å². The van der Waals surface area contributed by atoms with Gasteiger partial charge in [-0.25, -0.2) is 0 Å². The van der Waals surface area contributed by atoms with Crippen LogP contribution in [0.25, 0.3) is 0 Å². The molecule has 2 aromatic carbocycles. The average Bonchev–Trinajstić information content (AvgIpc) is 2.47. The van der Waals surface area contributed by atoms with E-state index in [0.717, 1.165) is 17.7 Å². The molecule has 0 fully saturated rings. The second-order valence-electron chi connectivity index (χ2n) is 4.95. The number of nitrogens with two attached hydrogens (primary N) is 1. The zero-order valence-electron chi connectivity index (χ0n) is 12.1. The van der Waals surface area contributed by atoms with Crippen molar-refractivity contribution in [3.05, 3.63) is 58.6 Å². The van der Waals surface area contributed by atoms with Crippen molar-refractivity contribution >= 4 is 28.8 Å². The molecule has 0 spiro atoms. The van der Waals surface area contributed by atoms with E-state index in [2.05, 4.69) is 19.9 Å². The van der Waals surface area contributed by atoms with Gasteiger partial charge in [0, 0.05) is 11.1 Å². The summed E-state index contributed by atoms with van der Waals surface area (Å²) in [7, 11) is 0. The summed E-state index contributed by atoms with van der Waals surface area (Å²) in [5.41, 5.74) is 7.60. The second kappa shape index (κ2) is 6.92. The van der Waals surface area contributed by atoms with E-state index in [0.29, 0.717) is 27.2 Å². The minimum Gasteiger partial charge on any atom is -0.456 e. The van der Waals surface area contributed by atoms with Crippen molar-refractivity contribution in [2.24, 2.45) is 5.73 Å². The molecule has 0 aliphatic rings. The van der Waals surface area contributed by atoms with E-state index in [-0.39, 0.29) is 0 Å². The minimum absolute atomic E-state index is 0.294. The topological polar surface area (TPSA) is 35.2 Å². The zero-order chi connectivity index (χ0) is 15.4. The number of thiocarbonyl (C=S) groups is 1. The first-order valence-electron chi connectivity index (χ1n) is 6.89. The molecule has 0 aromatic heterocycles. The Labute approximate surface area is 135 Å². The van der Waals surface area contributed by atoms with Crippen LogP contribution >= 0.6 is 23.8 Å². The van der Waals surface area contributed by atoms with Crippen LogP contribution in [-0.4, -0.2) is 4.99 Å². The van der Waals surface area contributed by atoms with Crippen LogP contribution in [-0.2, 0) is 0 Å². The average molecular weight is 320 g/mol. The van der Waals surface area contributed by atoms with Gasteiger partial charge in [0.2, 0.25) is 0 Å². The SMILES string of the molecule is CCC(C)c1ccccc1Oc1cc(Cl)ccc1C(N)=S. The van der Waals surface area contributed by atoms with E-state index < -0.39 is 0 Å². The van der Waals surface area contributed by atoms with Gasteiger partial charge in [0.25, 0.3) is 0 Å². The summed E-state index contributed by atoms with van der Waals surface area (Å²) in [6.45, 7) is 4.33. The fraction of sp³-hybridized carbons (Fsp3) is 0.235. The predicted octanol–water partition coefficient (Wildman–Crippen LogP) is 5.28. The van der Waals surface area contributed by atoms with Gasteiger partial charge in [-0.1, -0.05) is 55.9 Å². The monoisotopic (exact) mass is 319 g/mol. The lowest BCUT2D eigenvalue weighted by Gasteiger charge is -2.17. The fourth-order valence-electron chi connectivity index (χ4n) is 2.10. The van der Waals surface area contributed by atoms with Gasteiger partial charge in [0.1, 0.15) is 16.5 Å². The molecule has 2 nitrogen and oxygen atoms in total. The Morgan fingerprint density at radius 2 is 1.95 bits per heavy atom. The highest BCUT2D eigenvalue weighted by atomic mass is 35.5. The molecule has 2 N–H and O–H groups in total. The lowest BCUT2D eigenvalue weighted by atomic mass is 9.98. The largest absolute Gasteiger partial charge is 0.456 e. The highest BCUT2D eigenvalue weighted by molar-refractivity contribution is 7.80. The zero-order valence-corrected chi connectivity index (χ0v) is 13.7. The minimum atomic E-state index is 0.294. The Balaban J connectivity index is 2.43. The molecule has 2 rings (SSSR count). The van der Waals surface area contributed by atoms with Gasteiger partial charge in [0.05, 0.1) is 5.56 Å². The summed E-state index contributed by atoms with van der Waals surface area (Å²) >= 11 is 11.1. The Morgan fingerprint density at radius 1 is 1.24 bits per heavy atom. The predicted molar refractivity (Wildman–Crippen MR) is 92.6 cm³/mol. The van der Waals surface area contributed by atoms with Crippen molar-refractivity contribution in [3.63, 3.8) is 0 Å². The molecule has 1 atom stereocenters. The van der Waals surface area contributed by atoms with Crippen LogP contribution in [0.4, 0.5) is 0 Å². The summed E-state index contributed by atoms with van der Waals surface area (Å²) in [5.74, 6) is 1.81. The van der Waals surface area contributed by atoms with E-state index in [4.69, 9.17) is 34.3 Å². The number of para-hydroxylation sites is 1. The third kappa shape index (κ3) is 3.74. The van der Waals surface area contributed by atoms with Crippen molar-refractivity contribution in [1.82, 2.24) is 0 Å². The van der Waals surface area contributed by atoms with Crippen LogP contribution < -0.4 is 10.5 Å². The van der Waals surface area contributed by atoms with Gasteiger partial charge in [-0.15, -0.1) is 0 Å². The molecule has 0 heterocycles. The van der Waals surface area contributed by atoms with Crippen LogP contribution in [0.3, 0.4) is 0 Å². The molecular weight excluding hydrogens is 302 g/mol. The Kier molecular flexibility index (Phi) is 5.21. The molecule has 0 saturated heterocycles. The van der Waals surface area contributed by atoms with Gasteiger partial charge >= 0.3 is 0 Å². The summed E-state index contributed by atoms with van der Waals surface area (Å²) < 4.78 is 6.05. The smallest absolute Gasteiger partial charge is 0.139 e. The lowest BCUT2D eigenvalue weighted by molar-refractivity contribution is 0.469. The van der Waals surface area contributed by atoms with Gasteiger partial charge < -0.3 is 10.5 Å². The first kappa shape index (κ1) is 15.8. The quantitative estimate of drug-likeness (QED) is 0.761. The lowest BCUT2D eigenvalue weighted by Crippen LogP contribution is -2.11. The molecule has 21 heavy (non-hydrogen) atoms. The van der Waals surface area contributed by atoms with Crippen LogP contribution in [0.15, 0.2) is 42.5 Å². The molecule has 2 aromatic rings. The van der Waals surface area contributed by atoms with Crippen LogP contribution in [0.5, 0.6) is 11.5 Å². The maximum Gasteiger partial charge on any atom is 0.139 e. The maximum absolute atomic E-state index is 6.05. The Bertz CT molecular complexity index is 657. The summed E-state index contributed by atoms with van der Waals surface area (Å²) in [4.78, 5) is 0.294. The highest BCUT2D eigenvalue weighted by Crippen LogP contribution is 2.34. The molecule has 0 radical (unpaired) electrons. The molecule has 0 amide bonds. The number of hydrogen-bond donors (Lipinski definition) is 1. The van der Waals surface area contributed by atoms with Crippen molar-refractivity contribution in [2.45, 2.75) is 26.2 Å². The van der Waals surface area contributed by atoms with Crippen molar-refractivity contribution in [3.8, 4) is 11.5 Å². The maximum atomic E-state index is 6.05. The number of halogens is 1. The molecule has 0 aliphatic heterocycles. The first-order chi connectivity index (χ1) is 10.0. The van der Waals surface area contributed by atoms with Crippen molar-refractivity contribution < 1.29 is 4.74 Å². The second-order valence-corrected chi connectivity index (χ2v) is 5.83. The molecular formula is C17H18ClNOS. The summed E-state index contributed by atoms with van der Waals surface area (Å²) in [6.07, 6.45) is 1.04. The van der Waals surface area contributed by atoms with Crippen LogP contribution in [0, 0.1) is 0 Å². The van der Waals surface area contributed by atoms with Gasteiger partial charge in [0.15, 0.2) is 0 Å². The molecule has 110 valence electrons. The normalized spacial score (nSPS) is 12.0. The third-order valence-electron chi connectivity index (χ3n) is 3.49. The van der Waals surface area contributed by atoms with E-state index in [9.17, 15) is 0 Å². The molecule has 0 bridgehead atoms.